The summed E-state index contributed by atoms with van der Waals surface area (Å²) in [6, 6.07) is 9.63. The normalized spacial score (nSPS) is 19.1. The minimum atomic E-state index is -1.01. The number of β-amino-alcohol motifs (C(OH)–C–C–N with tert-alkyl or cyclic N) is 1. The number of nitrogens with one attached hydrogen (secondary N) is 1. The molecule has 0 spiro atoms. The van der Waals surface area contributed by atoms with Crippen molar-refractivity contribution in [1.29, 1.82) is 0 Å². The molecule has 0 saturated carbocycles. The van der Waals surface area contributed by atoms with E-state index in [2.05, 4.69) is 15.3 Å². The second kappa shape index (κ2) is 7.15. The molecule has 4 rings (SSSR count). The quantitative estimate of drug-likeness (QED) is 0.713. The first-order chi connectivity index (χ1) is 13.8. The zero-order valence-electron chi connectivity index (χ0n) is 17.4. The number of likely N-dealkylation sites (tertiary alicyclic amines) is 1. The number of rotatable bonds is 4. The van der Waals surface area contributed by atoms with Crippen LogP contribution in [0.25, 0.3) is 11.3 Å². The molecule has 2 N–H and O–H groups in total. The Morgan fingerprint density at radius 1 is 1.24 bits per heavy atom. The molecule has 152 valence electrons. The third-order valence-electron chi connectivity index (χ3n) is 5.87. The molecule has 0 unspecified atom stereocenters. The smallest absolute Gasteiger partial charge is 0.271 e. The summed E-state index contributed by atoms with van der Waals surface area (Å²) in [5, 5.41) is 22.8. The largest absolute Gasteiger partial charge is 0.383 e. The molecule has 0 aliphatic carbocycles. The number of carbonyl (C=O) groups is 1. The zero-order chi connectivity index (χ0) is 20.8. The van der Waals surface area contributed by atoms with Gasteiger partial charge in [0.1, 0.15) is 11.3 Å². The minimum Gasteiger partial charge on any atom is -0.383 e. The van der Waals surface area contributed by atoms with Gasteiger partial charge in [-0.2, -0.15) is 10.2 Å². The number of amides is 1. The maximum atomic E-state index is 13.0. The van der Waals surface area contributed by atoms with Crippen molar-refractivity contribution in [1.82, 2.24) is 24.9 Å². The third kappa shape index (κ3) is 3.35. The highest BCUT2D eigenvalue weighted by Crippen LogP contribution is 2.33. The number of aromatic nitrogens is 4. The van der Waals surface area contributed by atoms with Crippen LogP contribution in [0.1, 0.15) is 46.3 Å². The lowest BCUT2D eigenvalue weighted by Gasteiger charge is -2.24. The molecule has 0 radical (unpaired) electrons. The minimum absolute atomic E-state index is 0.148. The monoisotopic (exact) mass is 393 g/mol. The summed E-state index contributed by atoms with van der Waals surface area (Å²) < 4.78 is 1.93. The van der Waals surface area contributed by atoms with Gasteiger partial charge in [0, 0.05) is 24.3 Å². The fourth-order valence-corrected chi connectivity index (χ4v) is 4.17. The number of aryl methyl sites for hydroxylation is 3. The lowest BCUT2D eigenvalue weighted by molar-refractivity contribution is 0.0415. The van der Waals surface area contributed by atoms with E-state index < -0.39 is 5.60 Å². The first kappa shape index (κ1) is 19.4. The number of benzene rings is 1. The summed E-state index contributed by atoms with van der Waals surface area (Å²) in [7, 11) is 0. The Morgan fingerprint density at radius 2 is 1.97 bits per heavy atom. The first-order valence-electron chi connectivity index (χ1n) is 10.0. The molecule has 1 amide bonds. The number of hydrogen-bond donors (Lipinski definition) is 2. The van der Waals surface area contributed by atoms with Gasteiger partial charge in [-0.1, -0.05) is 29.8 Å². The molecule has 1 aliphatic rings. The molecule has 2 aromatic heterocycles. The van der Waals surface area contributed by atoms with Crippen molar-refractivity contribution in [3.63, 3.8) is 0 Å². The molecule has 1 aliphatic heterocycles. The van der Waals surface area contributed by atoms with Gasteiger partial charge in [-0.05, 0) is 45.7 Å². The van der Waals surface area contributed by atoms with Crippen LogP contribution in [-0.4, -0.2) is 49.0 Å². The summed E-state index contributed by atoms with van der Waals surface area (Å²) in [6.45, 7) is 9.59. The van der Waals surface area contributed by atoms with Gasteiger partial charge in [0.05, 0.1) is 17.9 Å². The number of hydrogen-bond acceptors (Lipinski definition) is 4. The van der Waals surface area contributed by atoms with E-state index >= 15 is 0 Å². The van der Waals surface area contributed by atoms with E-state index in [9.17, 15) is 9.90 Å². The second-order valence-corrected chi connectivity index (χ2v) is 7.90. The van der Waals surface area contributed by atoms with Crippen LogP contribution in [0.4, 0.5) is 0 Å². The summed E-state index contributed by atoms with van der Waals surface area (Å²) in [5.74, 6) is -0.148. The molecule has 3 aromatic rings. The molecule has 29 heavy (non-hydrogen) atoms. The van der Waals surface area contributed by atoms with Crippen molar-refractivity contribution in [3.8, 4) is 11.3 Å². The fourth-order valence-electron chi connectivity index (χ4n) is 4.17. The summed E-state index contributed by atoms with van der Waals surface area (Å²) in [5.41, 5.74) is 5.01. The molecule has 7 heteroatoms. The lowest BCUT2D eigenvalue weighted by atomic mass is 9.92. The maximum Gasteiger partial charge on any atom is 0.271 e. The summed E-state index contributed by atoms with van der Waals surface area (Å²) >= 11 is 0. The zero-order valence-corrected chi connectivity index (χ0v) is 17.4. The Morgan fingerprint density at radius 3 is 2.62 bits per heavy atom. The Labute approximate surface area is 170 Å². The topological polar surface area (TPSA) is 87.0 Å². The average molecular weight is 393 g/mol. The van der Waals surface area contributed by atoms with Crippen molar-refractivity contribution in [2.75, 3.05) is 13.1 Å². The van der Waals surface area contributed by atoms with Crippen LogP contribution in [0.3, 0.4) is 0 Å². The van der Waals surface area contributed by atoms with Crippen molar-refractivity contribution in [2.24, 2.45) is 0 Å². The van der Waals surface area contributed by atoms with E-state index in [1.807, 2.05) is 56.6 Å². The van der Waals surface area contributed by atoms with Gasteiger partial charge in [0.25, 0.3) is 5.91 Å². The van der Waals surface area contributed by atoms with Crippen LogP contribution in [0.2, 0.25) is 0 Å². The van der Waals surface area contributed by atoms with E-state index in [-0.39, 0.29) is 12.5 Å². The molecule has 1 atom stereocenters. The number of carbonyl (C=O) groups excluding carboxylic acids is 1. The van der Waals surface area contributed by atoms with Gasteiger partial charge in [0.15, 0.2) is 0 Å². The van der Waals surface area contributed by atoms with Gasteiger partial charge in [0.2, 0.25) is 0 Å². The highest BCUT2D eigenvalue weighted by atomic mass is 16.3. The van der Waals surface area contributed by atoms with Gasteiger partial charge in [-0.25, -0.2) is 0 Å². The van der Waals surface area contributed by atoms with Gasteiger partial charge in [-0.15, -0.1) is 0 Å². The van der Waals surface area contributed by atoms with E-state index in [0.717, 1.165) is 40.3 Å². The van der Waals surface area contributed by atoms with Crippen LogP contribution in [0.5, 0.6) is 0 Å². The molecular formula is C22H27N5O2. The molecule has 7 nitrogen and oxygen atoms in total. The van der Waals surface area contributed by atoms with Crippen molar-refractivity contribution >= 4 is 5.91 Å². The van der Waals surface area contributed by atoms with E-state index in [1.165, 1.54) is 0 Å². The Bertz CT molecular complexity index is 1050. The van der Waals surface area contributed by atoms with Crippen LogP contribution in [-0.2, 0) is 12.1 Å². The molecule has 1 saturated heterocycles. The third-order valence-corrected chi connectivity index (χ3v) is 5.87. The fraction of sp³-hybridized carbons (Fsp3) is 0.409. The number of H-pyrrole nitrogens is 1. The van der Waals surface area contributed by atoms with E-state index in [4.69, 9.17) is 0 Å². The van der Waals surface area contributed by atoms with Crippen LogP contribution in [0.15, 0.2) is 30.3 Å². The Hall–Kier alpha value is -2.93. The second-order valence-electron chi connectivity index (χ2n) is 7.90. The SMILES string of the molecule is CCn1nc(C)c(-c2cc(C(=O)N3CC[C@](O)(c4ccc(C)cc4)C3)[nH]n2)c1C. The lowest BCUT2D eigenvalue weighted by Crippen LogP contribution is -2.34. The van der Waals surface area contributed by atoms with Crippen molar-refractivity contribution < 1.29 is 9.90 Å². The van der Waals surface area contributed by atoms with E-state index in [1.54, 1.807) is 11.0 Å². The molecule has 1 aromatic carbocycles. The van der Waals surface area contributed by atoms with Crippen LogP contribution < -0.4 is 0 Å². The van der Waals surface area contributed by atoms with Crippen LogP contribution >= 0.6 is 0 Å². The standard InChI is InChI=1S/C22H27N5O2/c1-5-27-16(4)20(15(3)25-27)18-12-19(24-23-18)21(28)26-11-10-22(29,13-26)17-8-6-14(2)7-9-17/h6-9,12,29H,5,10-11,13H2,1-4H3,(H,23,24)/t22-/m1/s1. The van der Waals surface area contributed by atoms with Gasteiger partial charge < -0.3 is 10.0 Å². The maximum absolute atomic E-state index is 13.0. The molecular weight excluding hydrogens is 366 g/mol. The van der Waals surface area contributed by atoms with Gasteiger partial charge >= 0.3 is 0 Å². The number of aromatic amines is 1. The van der Waals surface area contributed by atoms with E-state index in [0.29, 0.717) is 18.7 Å². The predicted octanol–water partition coefficient (Wildman–Crippen LogP) is 2.95. The highest BCUT2D eigenvalue weighted by molar-refractivity contribution is 5.93. The number of nitrogens with zero attached hydrogens (tertiary/aromatic N) is 4. The highest BCUT2D eigenvalue weighted by Gasteiger charge is 2.40. The summed E-state index contributed by atoms with van der Waals surface area (Å²) in [6.07, 6.45) is 0.518. The molecule has 3 heterocycles. The predicted molar refractivity (Wildman–Crippen MR) is 111 cm³/mol. The number of aliphatic hydroxyl groups is 1. The average Bonchev–Trinajstić information content (AvgIpc) is 3.40. The van der Waals surface area contributed by atoms with Crippen molar-refractivity contribution in [2.45, 2.75) is 46.3 Å². The first-order valence-corrected chi connectivity index (χ1v) is 10.0. The molecule has 0 bridgehead atoms. The van der Waals surface area contributed by atoms with Gasteiger partial charge in [-0.3, -0.25) is 14.6 Å². The Kier molecular flexibility index (Phi) is 4.78. The molecule has 1 fully saturated rings. The summed E-state index contributed by atoms with van der Waals surface area (Å²) in [4.78, 5) is 14.7. The van der Waals surface area contributed by atoms with Crippen LogP contribution in [0, 0.1) is 20.8 Å². The van der Waals surface area contributed by atoms with Crippen molar-refractivity contribution in [3.05, 3.63) is 58.5 Å². The Balaban J connectivity index is 1.54.